The van der Waals surface area contributed by atoms with Crippen LogP contribution in [0.3, 0.4) is 0 Å². The van der Waals surface area contributed by atoms with Crippen molar-refractivity contribution >= 4 is 35.1 Å². The van der Waals surface area contributed by atoms with E-state index in [0.29, 0.717) is 5.56 Å². The van der Waals surface area contributed by atoms with Crippen molar-refractivity contribution in [2.75, 3.05) is 13.6 Å². The number of carbonyl (C=O) groups excluding carboxylic acids is 1. The highest BCUT2D eigenvalue weighted by molar-refractivity contribution is 6.37. The first-order valence-electron chi connectivity index (χ1n) is 8.46. The zero-order chi connectivity index (χ0) is 21.9. The first-order chi connectivity index (χ1) is 13.5. The number of aliphatic carboxylic acids is 1. The highest BCUT2D eigenvalue weighted by Crippen LogP contribution is 2.40. The number of ether oxygens (including phenoxy) is 1. The van der Waals surface area contributed by atoms with Crippen LogP contribution in [-0.2, 0) is 4.79 Å². The number of phenolic OH excluding ortho intramolecular Hbond substituents is 1. The summed E-state index contributed by atoms with van der Waals surface area (Å²) in [6.45, 7) is 3.23. The Balaban J connectivity index is 2.41. The summed E-state index contributed by atoms with van der Waals surface area (Å²) in [6.07, 6.45) is 0. The molecule has 0 aromatic heterocycles. The first kappa shape index (κ1) is 22.3. The van der Waals surface area contributed by atoms with Crippen molar-refractivity contribution in [1.82, 2.24) is 4.90 Å². The molecular formula is C20H18Cl2N2O5. The van der Waals surface area contributed by atoms with Gasteiger partial charge in [0.15, 0.2) is 5.75 Å². The molecule has 0 bridgehead atoms. The van der Waals surface area contributed by atoms with Gasteiger partial charge in [0.1, 0.15) is 24.1 Å². The zero-order valence-corrected chi connectivity index (χ0v) is 17.4. The van der Waals surface area contributed by atoms with E-state index in [1.165, 1.54) is 25.2 Å². The number of carboxylic acids is 1. The molecule has 0 radical (unpaired) electrons. The molecule has 0 atom stereocenters. The van der Waals surface area contributed by atoms with Gasteiger partial charge >= 0.3 is 5.97 Å². The summed E-state index contributed by atoms with van der Waals surface area (Å²) >= 11 is 12.5. The van der Waals surface area contributed by atoms with E-state index in [4.69, 9.17) is 33.0 Å². The number of likely N-dealkylation sites (N-methyl/N-ethyl adjacent to an activating group) is 1. The highest BCUT2D eigenvalue weighted by atomic mass is 35.5. The fraction of sp³-hybridized carbons (Fsp3) is 0.250. The van der Waals surface area contributed by atoms with Gasteiger partial charge in [-0.1, -0.05) is 37.0 Å². The smallest absolute Gasteiger partial charge is 0.323 e. The number of rotatable bonds is 6. The lowest BCUT2D eigenvalue weighted by molar-refractivity contribution is -0.137. The van der Waals surface area contributed by atoms with Gasteiger partial charge in [0.25, 0.3) is 5.91 Å². The molecule has 0 fully saturated rings. The topological polar surface area (TPSA) is 111 Å². The van der Waals surface area contributed by atoms with Gasteiger partial charge in [-0.15, -0.1) is 0 Å². The predicted octanol–water partition coefficient (Wildman–Crippen LogP) is 4.64. The molecule has 0 spiro atoms. The van der Waals surface area contributed by atoms with Crippen molar-refractivity contribution in [3.8, 4) is 23.3 Å². The molecule has 0 unspecified atom stereocenters. The molecular weight excluding hydrogens is 419 g/mol. The Morgan fingerprint density at radius 3 is 2.28 bits per heavy atom. The van der Waals surface area contributed by atoms with E-state index >= 15 is 0 Å². The number of nitrogens with zero attached hydrogens (tertiary/aromatic N) is 2. The number of carboxylic acid groups (broad SMARTS) is 1. The quantitative estimate of drug-likeness (QED) is 0.681. The van der Waals surface area contributed by atoms with Crippen molar-refractivity contribution in [2.24, 2.45) is 0 Å². The summed E-state index contributed by atoms with van der Waals surface area (Å²) in [5.41, 5.74) is 0.663. The van der Waals surface area contributed by atoms with Crippen LogP contribution in [-0.4, -0.2) is 40.6 Å². The van der Waals surface area contributed by atoms with Crippen LogP contribution in [0.5, 0.6) is 17.2 Å². The minimum absolute atomic E-state index is 0.0299. The maximum atomic E-state index is 12.3. The predicted molar refractivity (Wildman–Crippen MR) is 108 cm³/mol. The van der Waals surface area contributed by atoms with E-state index in [2.05, 4.69) is 0 Å². The van der Waals surface area contributed by atoms with Crippen LogP contribution in [0.2, 0.25) is 10.0 Å². The molecule has 1 amide bonds. The number of carbonyl (C=O) groups is 2. The molecule has 2 rings (SSSR count). The maximum Gasteiger partial charge on any atom is 0.323 e. The minimum atomic E-state index is -1.15. The monoisotopic (exact) mass is 436 g/mol. The van der Waals surface area contributed by atoms with Gasteiger partial charge in [-0.25, -0.2) is 0 Å². The second-order valence-corrected chi connectivity index (χ2v) is 7.42. The molecule has 0 aliphatic heterocycles. The third-order valence-corrected chi connectivity index (χ3v) is 4.60. The normalized spacial score (nSPS) is 10.5. The van der Waals surface area contributed by atoms with Crippen LogP contribution in [0.25, 0.3) is 0 Å². The van der Waals surface area contributed by atoms with E-state index in [0.717, 1.165) is 4.90 Å². The lowest BCUT2D eigenvalue weighted by Crippen LogP contribution is -2.31. The van der Waals surface area contributed by atoms with Crippen LogP contribution in [0.1, 0.15) is 41.3 Å². The fourth-order valence-electron chi connectivity index (χ4n) is 2.61. The number of phenols is 1. The number of aromatic hydroxyl groups is 1. The average molecular weight is 437 g/mol. The van der Waals surface area contributed by atoms with Crippen LogP contribution in [0.4, 0.5) is 0 Å². The van der Waals surface area contributed by atoms with Crippen molar-refractivity contribution in [2.45, 2.75) is 19.8 Å². The van der Waals surface area contributed by atoms with Gasteiger partial charge in [-0.05, 0) is 24.1 Å². The summed E-state index contributed by atoms with van der Waals surface area (Å²) in [5.74, 6) is -1.60. The molecule has 2 aromatic carbocycles. The maximum absolute atomic E-state index is 12.3. The SMILES string of the molecule is CC(C)c1cc(Oc2c(Cl)cc(C(=O)N(C)CC(=O)O)cc2Cl)cc(C#N)c1O. The summed E-state index contributed by atoms with van der Waals surface area (Å²) in [4.78, 5) is 24.1. The van der Waals surface area contributed by atoms with E-state index in [1.807, 2.05) is 19.9 Å². The van der Waals surface area contributed by atoms with Gasteiger partial charge in [-0.2, -0.15) is 5.26 Å². The van der Waals surface area contributed by atoms with Gasteiger partial charge in [0.2, 0.25) is 0 Å². The summed E-state index contributed by atoms with van der Waals surface area (Å²) in [5, 5.41) is 28.3. The molecule has 2 aromatic rings. The van der Waals surface area contributed by atoms with Crippen molar-refractivity contribution in [3.63, 3.8) is 0 Å². The molecule has 0 aliphatic carbocycles. The third-order valence-electron chi connectivity index (χ3n) is 4.04. The van der Waals surface area contributed by atoms with Gasteiger partial charge in [-0.3, -0.25) is 9.59 Å². The Labute approximate surface area is 177 Å². The second-order valence-electron chi connectivity index (χ2n) is 6.60. The van der Waals surface area contributed by atoms with E-state index in [-0.39, 0.29) is 44.3 Å². The van der Waals surface area contributed by atoms with Crippen LogP contribution >= 0.6 is 23.2 Å². The minimum Gasteiger partial charge on any atom is -0.506 e. The van der Waals surface area contributed by atoms with Gasteiger partial charge in [0, 0.05) is 24.2 Å². The van der Waals surface area contributed by atoms with E-state index in [1.54, 1.807) is 6.07 Å². The van der Waals surface area contributed by atoms with Gasteiger partial charge < -0.3 is 19.8 Å². The average Bonchev–Trinajstić information content (AvgIpc) is 2.63. The second kappa shape index (κ2) is 9.03. The Hall–Kier alpha value is -2.95. The van der Waals surface area contributed by atoms with Crippen LogP contribution in [0.15, 0.2) is 24.3 Å². The number of benzene rings is 2. The van der Waals surface area contributed by atoms with Crippen molar-refractivity contribution < 1.29 is 24.5 Å². The summed E-state index contributed by atoms with van der Waals surface area (Å²) < 4.78 is 5.74. The molecule has 2 N–H and O–H groups in total. The standard InChI is InChI=1S/C20H18Cl2N2O5/c1-10(2)14-7-13(4-12(8-23)18(14)27)29-19-15(21)5-11(6-16(19)22)20(28)24(3)9-17(25)26/h4-7,10,27H,9H2,1-3H3,(H,25,26). The number of halogens is 2. The zero-order valence-electron chi connectivity index (χ0n) is 15.9. The Kier molecular flexibility index (Phi) is 6.96. The van der Waals surface area contributed by atoms with Crippen molar-refractivity contribution in [3.05, 3.63) is 51.0 Å². The van der Waals surface area contributed by atoms with Crippen LogP contribution in [0, 0.1) is 11.3 Å². The molecule has 0 aliphatic rings. The van der Waals surface area contributed by atoms with Crippen molar-refractivity contribution in [1.29, 1.82) is 5.26 Å². The molecule has 152 valence electrons. The Morgan fingerprint density at radius 1 is 1.21 bits per heavy atom. The van der Waals surface area contributed by atoms with Gasteiger partial charge in [0.05, 0.1) is 15.6 Å². The Bertz CT molecular complexity index is 992. The Morgan fingerprint density at radius 2 is 1.79 bits per heavy atom. The largest absolute Gasteiger partial charge is 0.506 e. The number of hydrogen-bond acceptors (Lipinski definition) is 5. The molecule has 0 heterocycles. The lowest BCUT2D eigenvalue weighted by Gasteiger charge is -2.17. The number of nitriles is 1. The number of hydrogen-bond donors (Lipinski definition) is 2. The summed E-state index contributed by atoms with van der Waals surface area (Å²) in [6, 6.07) is 7.47. The summed E-state index contributed by atoms with van der Waals surface area (Å²) in [7, 11) is 1.34. The highest BCUT2D eigenvalue weighted by Gasteiger charge is 2.20. The molecule has 7 nitrogen and oxygen atoms in total. The number of amides is 1. The third kappa shape index (κ3) is 5.11. The molecule has 0 saturated heterocycles. The van der Waals surface area contributed by atoms with E-state index < -0.39 is 18.4 Å². The van der Waals surface area contributed by atoms with E-state index in [9.17, 15) is 20.0 Å². The molecule has 0 saturated carbocycles. The fourth-order valence-corrected chi connectivity index (χ4v) is 3.17. The first-order valence-corrected chi connectivity index (χ1v) is 9.21. The van der Waals surface area contributed by atoms with Crippen LogP contribution < -0.4 is 4.74 Å². The molecule has 29 heavy (non-hydrogen) atoms. The molecule has 9 heteroatoms. The lowest BCUT2D eigenvalue weighted by atomic mass is 9.99.